The Morgan fingerprint density at radius 2 is 2.21 bits per heavy atom. The number of imidazole rings is 1. The van der Waals surface area contributed by atoms with Crippen molar-refractivity contribution in [2.45, 2.75) is 17.9 Å². The van der Waals surface area contributed by atoms with Gasteiger partial charge in [-0.15, -0.1) is 0 Å². The van der Waals surface area contributed by atoms with Gasteiger partial charge in [0, 0.05) is 19.1 Å². The lowest BCUT2D eigenvalue weighted by Gasteiger charge is -2.37. The lowest BCUT2D eigenvalue weighted by molar-refractivity contribution is 0.0577. The first-order chi connectivity index (χ1) is 9.08. The molecule has 8 heteroatoms. The molecule has 1 saturated heterocycles. The van der Waals surface area contributed by atoms with Crippen molar-refractivity contribution < 1.29 is 13.2 Å². The minimum absolute atomic E-state index is 0.0917. The van der Waals surface area contributed by atoms with E-state index in [0.29, 0.717) is 13.2 Å². The highest BCUT2D eigenvalue weighted by Crippen LogP contribution is 2.28. The molecule has 0 spiro atoms. The van der Waals surface area contributed by atoms with Gasteiger partial charge in [-0.3, -0.25) is 0 Å². The van der Waals surface area contributed by atoms with Crippen LogP contribution in [-0.2, 0) is 14.8 Å². The molecule has 3 N–H and O–H groups in total. The second-order valence-corrected chi connectivity index (χ2v) is 6.66. The van der Waals surface area contributed by atoms with Gasteiger partial charge in [-0.25, -0.2) is 18.1 Å². The van der Waals surface area contributed by atoms with Crippen LogP contribution in [0.2, 0.25) is 0 Å². The van der Waals surface area contributed by atoms with Gasteiger partial charge in [0.2, 0.25) is 0 Å². The van der Waals surface area contributed by atoms with Crippen molar-refractivity contribution in [3.63, 3.8) is 0 Å². The minimum Gasteiger partial charge on any atom is -0.384 e. The summed E-state index contributed by atoms with van der Waals surface area (Å²) in [6.45, 7) is 2.70. The summed E-state index contributed by atoms with van der Waals surface area (Å²) in [5.41, 5.74) is -0.132. The first-order valence-corrected chi connectivity index (χ1v) is 7.74. The monoisotopic (exact) mass is 288 g/mol. The number of nitrogens with one attached hydrogen (secondary N) is 3. The van der Waals surface area contributed by atoms with E-state index in [2.05, 4.69) is 20.0 Å². The van der Waals surface area contributed by atoms with Crippen molar-refractivity contribution >= 4 is 10.0 Å². The zero-order valence-electron chi connectivity index (χ0n) is 11.0. The number of hydrogen-bond acceptors (Lipinski definition) is 5. The summed E-state index contributed by atoms with van der Waals surface area (Å²) in [6.07, 6.45) is 4.44. The molecule has 108 valence electrons. The number of H-pyrrole nitrogens is 1. The molecule has 0 atom stereocenters. The molecule has 0 saturated carbocycles. The molecule has 0 aliphatic carbocycles. The summed E-state index contributed by atoms with van der Waals surface area (Å²) in [5, 5.41) is 3.37. The molecule has 2 rings (SSSR count). The molecule has 2 heterocycles. The summed E-state index contributed by atoms with van der Waals surface area (Å²) in [7, 11) is -1.87. The molecular formula is C11H20N4O3S. The zero-order chi connectivity index (χ0) is 13.8. The van der Waals surface area contributed by atoms with E-state index in [1.165, 1.54) is 12.5 Å². The number of piperidine rings is 1. The Bertz CT molecular complexity index is 475. The highest BCUT2D eigenvalue weighted by Gasteiger charge is 2.33. The van der Waals surface area contributed by atoms with E-state index in [1.54, 1.807) is 7.11 Å². The van der Waals surface area contributed by atoms with Crippen LogP contribution in [-0.4, -0.2) is 51.7 Å². The normalized spacial score (nSPS) is 19.4. The molecule has 7 nitrogen and oxygen atoms in total. The summed E-state index contributed by atoms with van der Waals surface area (Å²) in [4.78, 5) is 6.33. The van der Waals surface area contributed by atoms with Gasteiger partial charge >= 0.3 is 0 Å². The van der Waals surface area contributed by atoms with Crippen LogP contribution in [0.5, 0.6) is 0 Å². The third-order valence-corrected chi connectivity index (χ3v) is 4.84. The number of hydrogen-bond donors (Lipinski definition) is 3. The number of aromatic amines is 1. The van der Waals surface area contributed by atoms with Gasteiger partial charge in [0.25, 0.3) is 10.0 Å². The van der Waals surface area contributed by atoms with Crippen molar-refractivity contribution in [3.05, 3.63) is 12.5 Å². The molecule has 1 fully saturated rings. The van der Waals surface area contributed by atoms with Crippen LogP contribution in [0.3, 0.4) is 0 Å². The molecule has 1 aliphatic rings. The number of sulfonamides is 1. The summed E-state index contributed by atoms with van der Waals surface area (Å²) >= 11 is 0. The molecule has 0 bridgehead atoms. The molecule has 0 radical (unpaired) electrons. The van der Waals surface area contributed by atoms with Crippen LogP contribution < -0.4 is 10.0 Å². The quantitative estimate of drug-likeness (QED) is 0.668. The average molecular weight is 288 g/mol. The Morgan fingerprint density at radius 3 is 2.79 bits per heavy atom. The Balaban J connectivity index is 2.03. The van der Waals surface area contributed by atoms with E-state index in [9.17, 15) is 8.42 Å². The van der Waals surface area contributed by atoms with E-state index in [-0.39, 0.29) is 10.4 Å². The minimum atomic E-state index is -3.52. The van der Waals surface area contributed by atoms with Crippen molar-refractivity contribution in [1.29, 1.82) is 0 Å². The van der Waals surface area contributed by atoms with Crippen molar-refractivity contribution in [2.75, 3.05) is 33.4 Å². The van der Waals surface area contributed by atoms with Gasteiger partial charge < -0.3 is 15.0 Å². The van der Waals surface area contributed by atoms with Gasteiger partial charge in [0.15, 0.2) is 5.03 Å². The van der Waals surface area contributed by atoms with E-state index in [4.69, 9.17) is 4.74 Å². The summed E-state index contributed by atoms with van der Waals surface area (Å²) in [6, 6.07) is 0. The van der Waals surface area contributed by atoms with Crippen LogP contribution in [0, 0.1) is 5.41 Å². The molecule has 1 aliphatic heterocycles. The molecule has 0 unspecified atom stereocenters. The van der Waals surface area contributed by atoms with E-state index in [1.807, 2.05) is 0 Å². The Morgan fingerprint density at radius 1 is 1.47 bits per heavy atom. The van der Waals surface area contributed by atoms with Gasteiger partial charge in [0.05, 0.1) is 19.1 Å². The lowest BCUT2D eigenvalue weighted by atomic mass is 9.80. The maximum Gasteiger partial charge on any atom is 0.257 e. The van der Waals surface area contributed by atoms with Crippen molar-refractivity contribution in [3.8, 4) is 0 Å². The number of methoxy groups -OCH3 is 1. The predicted molar refractivity (Wildman–Crippen MR) is 70.2 cm³/mol. The summed E-state index contributed by atoms with van der Waals surface area (Å²) < 4.78 is 32.0. The molecule has 0 aromatic carbocycles. The van der Waals surface area contributed by atoms with Crippen LogP contribution in [0.15, 0.2) is 17.6 Å². The molecular weight excluding hydrogens is 268 g/mol. The largest absolute Gasteiger partial charge is 0.384 e. The standard InChI is InChI=1S/C11H20N4O3S/c1-18-8-11(2-4-12-5-3-11)7-15-19(16,17)10-6-13-9-14-10/h6,9,12,15H,2-5,7-8H2,1H3,(H,13,14). The summed E-state index contributed by atoms with van der Waals surface area (Å²) in [5.74, 6) is 0. The van der Waals surface area contributed by atoms with Gasteiger partial charge in [-0.2, -0.15) is 0 Å². The smallest absolute Gasteiger partial charge is 0.257 e. The van der Waals surface area contributed by atoms with Crippen LogP contribution in [0.25, 0.3) is 0 Å². The molecule has 1 aromatic rings. The highest BCUT2D eigenvalue weighted by atomic mass is 32.2. The first kappa shape index (κ1) is 14.4. The molecule has 0 amide bonds. The fraction of sp³-hybridized carbons (Fsp3) is 0.727. The number of nitrogens with zero attached hydrogens (tertiary/aromatic N) is 1. The first-order valence-electron chi connectivity index (χ1n) is 6.26. The van der Waals surface area contributed by atoms with Crippen LogP contribution >= 0.6 is 0 Å². The molecule has 1 aromatic heterocycles. The maximum atomic E-state index is 12.0. The van der Waals surface area contributed by atoms with Gasteiger partial charge in [-0.05, 0) is 25.9 Å². The molecule has 19 heavy (non-hydrogen) atoms. The fourth-order valence-electron chi connectivity index (χ4n) is 2.35. The number of ether oxygens (including phenoxy) is 1. The van der Waals surface area contributed by atoms with Crippen molar-refractivity contribution in [2.24, 2.45) is 5.41 Å². The fourth-order valence-corrected chi connectivity index (χ4v) is 3.41. The van der Waals surface area contributed by atoms with E-state index in [0.717, 1.165) is 25.9 Å². The van der Waals surface area contributed by atoms with Crippen LogP contribution in [0.1, 0.15) is 12.8 Å². The Kier molecular flexibility index (Phi) is 4.56. The topological polar surface area (TPSA) is 96.1 Å². The second kappa shape index (κ2) is 6.00. The average Bonchev–Trinajstić information content (AvgIpc) is 2.93. The highest BCUT2D eigenvalue weighted by molar-refractivity contribution is 7.89. The predicted octanol–water partition coefficient (Wildman–Crippen LogP) is -0.296. The Hall–Kier alpha value is -0.960. The zero-order valence-corrected chi connectivity index (χ0v) is 11.8. The van der Waals surface area contributed by atoms with E-state index >= 15 is 0 Å². The van der Waals surface area contributed by atoms with Gasteiger partial charge in [0.1, 0.15) is 0 Å². The van der Waals surface area contributed by atoms with Gasteiger partial charge in [-0.1, -0.05) is 0 Å². The van der Waals surface area contributed by atoms with Crippen molar-refractivity contribution in [1.82, 2.24) is 20.0 Å². The lowest BCUT2D eigenvalue weighted by Crippen LogP contribution is -2.47. The van der Waals surface area contributed by atoms with E-state index < -0.39 is 10.0 Å². The number of aromatic nitrogens is 2. The SMILES string of the molecule is COCC1(CNS(=O)(=O)c2cnc[nH]2)CCNCC1. The number of rotatable bonds is 6. The van der Waals surface area contributed by atoms with Crippen LogP contribution in [0.4, 0.5) is 0 Å². The third kappa shape index (κ3) is 3.53. The second-order valence-electron chi connectivity index (χ2n) is 4.92. The third-order valence-electron chi connectivity index (χ3n) is 3.51. The maximum absolute atomic E-state index is 12.0. The Labute approximate surface area is 113 Å².